The summed E-state index contributed by atoms with van der Waals surface area (Å²) in [7, 11) is -3.76. The highest BCUT2D eigenvalue weighted by atomic mass is 35.5. The average molecular weight is 341 g/mol. The van der Waals surface area contributed by atoms with Gasteiger partial charge in [-0.2, -0.15) is 0 Å². The van der Waals surface area contributed by atoms with E-state index in [2.05, 4.69) is 4.98 Å². The van der Waals surface area contributed by atoms with E-state index in [1.165, 1.54) is 40.8 Å². The molecule has 0 amide bonds. The fraction of sp³-hybridized carbons (Fsp3) is 0.267. The summed E-state index contributed by atoms with van der Waals surface area (Å²) in [5, 5.41) is 0.230. The lowest BCUT2D eigenvalue weighted by atomic mass is 9.99. The van der Waals surface area contributed by atoms with Crippen molar-refractivity contribution < 1.29 is 12.8 Å². The number of benzene rings is 1. The molecule has 2 aromatic rings. The van der Waals surface area contributed by atoms with Crippen molar-refractivity contribution in [3.63, 3.8) is 0 Å². The van der Waals surface area contributed by atoms with E-state index in [-0.39, 0.29) is 21.9 Å². The molecule has 22 heavy (non-hydrogen) atoms. The number of sulfonamides is 1. The molecule has 4 nitrogen and oxygen atoms in total. The molecule has 0 saturated heterocycles. The van der Waals surface area contributed by atoms with Crippen LogP contribution >= 0.6 is 11.6 Å². The number of hydrogen-bond donors (Lipinski definition) is 0. The number of aromatic nitrogens is 1. The third kappa shape index (κ3) is 2.57. The summed E-state index contributed by atoms with van der Waals surface area (Å²) in [6.07, 6.45) is 2.53. The van der Waals surface area contributed by atoms with E-state index in [0.29, 0.717) is 24.1 Å². The molecule has 1 aromatic carbocycles. The number of nitrogens with zero attached hydrogens (tertiary/aromatic N) is 2. The van der Waals surface area contributed by atoms with E-state index in [1.807, 2.05) is 6.92 Å². The zero-order valence-electron chi connectivity index (χ0n) is 11.8. The van der Waals surface area contributed by atoms with Gasteiger partial charge in [0.2, 0.25) is 0 Å². The number of fused-ring (bicyclic) bond motifs is 1. The third-order valence-corrected chi connectivity index (χ3v) is 5.90. The Morgan fingerprint density at radius 3 is 2.77 bits per heavy atom. The number of anilines is 1. The van der Waals surface area contributed by atoms with Crippen molar-refractivity contribution in [1.82, 2.24) is 4.98 Å². The highest BCUT2D eigenvalue weighted by molar-refractivity contribution is 7.92. The van der Waals surface area contributed by atoms with E-state index < -0.39 is 10.0 Å². The Morgan fingerprint density at radius 2 is 2.09 bits per heavy atom. The molecule has 0 bridgehead atoms. The maximum Gasteiger partial charge on any atom is 0.266 e. The molecule has 1 aliphatic heterocycles. The van der Waals surface area contributed by atoms with E-state index in [9.17, 15) is 12.8 Å². The predicted octanol–water partition coefficient (Wildman–Crippen LogP) is 3.40. The molecule has 0 unspecified atom stereocenters. The minimum atomic E-state index is -3.76. The molecule has 0 radical (unpaired) electrons. The van der Waals surface area contributed by atoms with Crippen LogP contribution in [0.3, 0.4) is 0 Å². The average Bonchev–Trinajstić information content (AvgIpc) is 2.47. The van der Waals surface area contributed by atoms with Gasteiger partial charge in [0, 0.05) is 12.2 Å². The monoisotopic (exact) mass is 340 g/mol. The molecule has 1 aliphatic rings. The van der Waals surface area contributed by atoms with Gasteiger partial charge in [0.25, 0.3) is 10.0 Å². The van der Waals surface area contributed by atoms with Crippen LogP contribution in [-0.2, 0) is 16.4 Å². The summed E-state index contributed by atoms with van der Waals surface area (Å²) in [6, 6.07) is 6.84. The van der Waals surface area contributed by atoms with Crippen molar-refractivity contribution in [2.24, 2.45) is 0 Å². The lowest BCUT2D eigenvalue weighted by Crippen LogP contribution is -2.42. The van der Waals surface area contributed by atoms with E-state index in [4.69, 9.17) is 11.6 Å². The third-order valence-electron chi connectivity index (χ3n) is 3.77. The maximum absolute atomic E-state index is 13.4. The Balaban J connectivity index is 2.12. The van der Waals surface area contributed by atoms with Gasteiger partial charge >= 0.3 is 0 Å². The molecule has 1 atom stereocenters. The SMILES string of the molecule is C[C@@H]1CCc2cc(F)ccc2N1S(=O)(=O)c1ccc(Cl)nc1. The van der Waals surface area contributed by atoms with Crippen LogP contribution in [0.25, 0.3) is 0 Å². The Morgan fingerprint density at radius 1 is 1.32 bits per heavy atom. The summed E-state index contributed by atoms with van der Waals surface area (Å²) in [6.45, 7) is 1.84. The van der Waals surface area contributed by atoms with Gasteiger partial charge in [0.1, 0.15) is 15.9 Å². The molecular formula is C15H14ClFN2O2S. The largest absolute Gasteiger partial charge is 0.266 e. The standard InChI is InChI=1S/C15H14ClFN2O2S/c1-10-2-3-11-8-12(17)4-6-14(11)19(10)22(20,21)13-5-7-15(16)18-9-13/h4-10H,2-3H2,1H3/t10-/m1/s1. The van der Waals surface area contributed by atoms with Gasteiger partial charge in [0.05, 0.1) is 5.69 Å². The summed E-state index contributed by atoms with van der Waals surface area (Å²) < 4.78 is 40.5. The van der Waals surface area contributed by atoms with Crippen LogP contribution in [-0.4, -0.2) is 19.4 Å². The Hall–Kier alpha value is -1.66. The first-order valence-electron chi connectivity index (χ1n) is 6.84. The lowest BCUT2D eigenvalue weighted by Gasteiger charge is -2.35. The van der Waals surface area contributed by atoms with Crippen LogP contribution in [0.15, 0.2) is 41.4 Å². The smallest absolute Gasteiger partial charge is 0.263 e. The maximum atomic E-state index is 13.4. The summed E-state index contributed by atoms with van der Waals surface area (Å²) in [4.78, 5) is 3.91. The highest BCUT2D eigenvalue weighted by Gasteiger charge is 2.34. The van der Waals surface area contributed by atoms with Gasteiger partial charge < -0.3 is 0 Å². The van der Waals surface area contributed by atoms with Gasteiger partial charge in [-0.3, -0.25) is 4.31 Å². The normalized spacial score (nSPS) is 18.1. The zero-order chi connectivity index (χ0) is 15.9. The molecular weight excluding hydrogens is 327 g/mol. The molecule has 2 heterocycles. The molecule has 3 rings (SSSR count). The van der Waals surface area contributed by atoms with E-state index in [0.717, 1.165) is 0 Å². The molecule has 0 saturated carbocycles. The van der Waals surface area contributed by atoms with Crippen molar-refractivity contribution in [2.75, 3.05) is 4.31 Å². The van der Waals surface area contributed by atoms with Crippen LogP contribution < -0.4 is 4.31 Å². The second-order valence-electron chi connectivity index (χ2n) is 5.28. The highest BCUT2D eigenvalue weighted by Crippen LogP contribution is 2.35. The Labute approximate surface area is 133 Å². The molecule has 0 N–H and O–H groups in total. The lowest BCUT2D eigenvalue weighted by molar-refractivity contribution is 0.560. The van der Waals surface area contributed by atoms with E-state index in [1.54, 1.807) is 0 Å². The topological polar surface area (TPSA) is 50.3 Å². The first kappa shape index (κ1) is 15.2. The minimum absolute atomic E-state index is 0.0703. The number of aryl methyl sites for hydroxylation is 1. The van der Waals surface area contributed by atoms with Gasteiger partial charge in [-0.25, -0.2) is 17.8 Å². The fourth-order valence-electron chi connectivity index (χ4n) is 2.68. The van der Waals surface area contributed by atoms with Gasteiger partial charge in [0.15, 0.2) is 0 Å². The quantitative estimate of drug-likeness (QED) is 0.787. The van der Waals surface area contributed by atoms with Crippen LogP contribution in [0, 0.1) is 5.82 Å². The zero-order valence-corrected chi connectivity index (χ0v) is 13.4. The van der Waals surface area contributed by atoms with Crippen molar-refractivity contribution in [3.8, 4) is 0 Å². The van der Waals surface area contributed by atoms with Crippen molar-refractivity contribution in [3.05, 3.63) is 53.1 Å². The number of halogens is 2. The fourth-order valence-corrected chi connectivity index (χ4v) is 4.46. The van der Waals surface area contributed by atoms with Crippen molar-refractivity contribution >= 4 is 27.3 Å². The van der Waals surface area contributed by atoms with Crippen LogP contribution in [0.4, 0.5) is 10.1 Å². The summed E-state index contributed by atoms with van der Waals surface area (Å²) in [5.41, 5.74) is 1.22. The molecule has 0 fully saturated rings. The first-order valence-corrected chi connectivity index (χ1v) is 8.66. The number of rotatable bonds is 2. The van der Waals surface area contributed by atoms with Crippen molar-refractivity contribution in [2.45, 2.75) is 30.7 Å². The molecule has 1 aromatic heterocycles. The second-order valence-corrected chi connectivity index (χ2v) is 7.48. The van der Waals surface area contributed by atoms with Gasteiger partial charge in [-0.1, -0.05) is 11.6 Å². The molecule has 0 spiro atoms. The van der Waals surface area contributed by atoms with Crippen LogP contribution in [0.1, 0.15) is 18.9 Å². The van der Waals surface area contributed by atoms with Crippen LogP contribution in [0.2, 0.25) is 5.15 Å². The molecule has 116 valence electrons. The summed E-state index contributed by atoms with van der Waals surface area (Å²) >= 11 is 5.71. The van der Waals surface area contributed by atoms with E-state index >= 15 is 0 Å². The predicted molar refractivity (Wildman–Crippen MR) is 83.1 cm³/mol. The number of pyridine rings is 1. The second kappa shape index (κ2) is 5.52. The Kier molecular flexibility index (Phi) is 3.82. The van der Waals surface area contributed by atoms with Crippen molar-refractivity contribution in [1.29, 1.82) is 0 Å². The van der Waals surface area contributed by atoms with Crippen LogP contribution in [0.5, 0.6) is 0 Å². The van der Waals surface area contributed by atoms with Gasteiger partial charge in [-0.05, 0) is 55.7 Å². The first-order chi connectivity index (χ1) is 10.4. The summed E-state index contributed by atoms with van der Waals surface area (Å²) in [5.74, 6) is -0.362. The van der Waals surface area contributed by atoms with Gasteiger partial charge in [-0.15, -0.1) is 0 Å². The molecule has 7 heteroatoms. The Bertz CT molecular complexity index is 809. The minimum Gasteiger partial charge on any atom is -0.263 e. The number of hydrogen-bond acceptors (Lipinski definition) is 3. The molecule has 0 aliphatic carbocycles.